The van der Waals surface area contributed by atoms with Gasteiger partial charge in [0.05, 0.1) is 6.10 Å². The lowest BCUT2D eigenvalue weighted by molar-refractivity contribution is -0.164. The Balaban J connectivity index is 1.78. The van der Waals surface area contributed by atoms with E-state index in [-0.39, 0.29) is 23.4 Å². The van der Waals surface area contributed by atoms with E-state index in [9.17, 15) is 14.7 Å². The van der Waals surface area contributed by atoms with E-state index in [2.05, 4.69) is 6.92 Å². The van der Waals surface area contributed by atoms with Gasteiger partial charge >= 0.3 is 0 Å². The maximum Gasteiger partial charge on any atom is 0.221 e. The molecule has 0 aromatic heterocycles. The quantitative estimate of drug-likeness (QED) is 0.700. The number of hydrogen-bond acceptors (Lipinski definition) is 3. The van der Waals surface area contributed by atoms with Gasteiger partial charge in [0, 0.05) is 11.3 Å². The van der Waals surface area contributed by atoms with Gasteiger partial charge in [-0.15, -0.1) is 0 Å². The minimum atomic E-state index is -0.682. The predicted molar refractivity (Wildman–Crippen MR) is 83.0 cm³/mol. The van der Waals surface area contributed by atoms with E-state index < -0.39 is 11.5 Å². The molecule has 120 valence electrons. The van der Waals surface area contributed by atoms with Crippen LogP contribution in [0.3, 0.4) is 0 Å². The first-order valence-electron chi connectivity index (χ1n) is 8.83. The molecular weight excluding hydrogens is 276 g/mol. The van der Waals surface area contributed by atoms with Crippen LogP contribution in [0.25, 0.3) is 0 Å². The van der Waals surface area contributed by atoms with Crippen LogP contribution in [0.5, 0.6) is 0 Å². The Bertz CT molecular complexity index is 565. The predicted octanol–water partition coefficient (Wildman–Crippen LogP) is 2.91. The Morgan fingerprint density at radius 3 is 2.68 bits per heavy atom. The Morgan fingerprint density at radius 2 is 1.91 bits per heavy atom. The minimum absolute atomic E-state index is 0.176. The van der Waals surface area contributed by atoms with Crippen molar-refractivity contribution in [2.75, 3.05) is 0 Å². The smallest absolute Gasteiger partial charge is 0.221 e. The molecule has 7 atom stereocenters. The van der Waals surface area contributed by atoms with Gasteiger partial charge in [-0.2, -0.15) is 0 Å². The van der Waals surface area contributed by atoms with Crippen molar-refractivity contribution >= 4 is 11.6 Å². The number of carbonyl (C=O) groups is 2. The van der Waals surface area contributed by atoms with E-state index in [0.717, 1.165) is 12.8 Å². The van der Waals surface area contributed by atoms with Crippen LogP contribution >= 0.6 is 0 Å². The van der Waals surface area contributed by atoms with Crippen LogP contribution in [0, 0.1) is 34.5 Å². The van der Waals surface area contributed by atoms with E-state index in [1.807, 2.05) is 13.0 Å². The van der Waals surface area contributed by atoms with Crippen molar-refractivity contribution in [1.29, 1.82) is 0 Å². The average Bonchev–Trinajstić information content (AvgIpc) is 2.86. The zero-order valence-electron chi connectivity index (χ0n) is 13.5. The third-order valence-electron chi connectivity index (χ3n) is 7.78. The molecule has 4 aliphatic carbocycles. The molecule has 0 amide bonds. The summed E-state index contributed by atoms with van der Waals surface area (Å²) < 4.78 is 0. The van der Waals surface area contributed by atoms with Gasteiger partial charge in [-0.3, -0.25) is 9.59 Å². The normalized spacial score (nSPS) is 53.9. The third kappa shape index (κ3) is 1.66. The second-order valence-corrected chi connectivity index (χ2v) is 8.63. The summed E-state index contributed by atoms with van der Waals surface area (Å²) in [7, 11) is 0. The fraction of sp³-hybridized carbons (Fsp3) is 0.789. The average molecular weight is 302 g/mol. The third-order valence-corrected chi connectivity index (χ3v) is 7.78. The lowest BCUT2D eigenvalue weighted by Crippen LogP contribution is -2.60. The molecule has 4 rings (SSSR count). The molecule has 0 saturated heterocycles. The summed E-state index contributed by atoms with van der Waals surface area (Å²) in [6, 6.07) is 0. The highest BCUT2D eigenvalue weighted by atomic mass is 16.3. The molecule has 3 fully saturated rings. The number of allylic oxidation sites excluding steroid dienone is 1. The fourth-order valence-corrected chi connectivity index (χ4v) is 6.61. The largest absolute Gasteiger partial charge is 0.392 e. The van der Waals surface area contributed by atoms with E-state index in [1.165, 1.54) is 31.8 Å². The first-order chi connectivity index (χ1) is 10.4. The van der Waals surface area contributed by atoms with Gasteiger partial charge in [-0.05, 0) is 61.3 Å². The first kappa shape index (κ1) is 14.6. The molecule has 2 unspecified atom stereocenters. The highest BCUT2D eigenvalue weighted by Crippen LogP contribution is 2.64. The van der Waals surface area contributed by atoms with Crippen molar-refractivity contribution < 1.29 is 14.7 Å². The van der Waals surface area contributed by atoms with E-state index in [1.54, 1.807) is 0 Å². The van der Waals surface area contributed by atoms with Crippen LogP contribution in [0.1, 0.15) is 52.4 Å². The van der Waals surface area contributed by atoms with E-state index in [4.69, 9.17) is 0 Å². The molecule has 0 radical (unpaired) electrons. The minimum Gasteiger partial charge on any atom is -0.392 e. The highest BCUT2D eigenvalue weighted by molar-refractivity contribution is 6.44. The van der Waals surface area contributed by atoms with Crippen LogP contribution in [0.2, 0.25) is 0 Å². The Hall–Kier alpha value is -0.960. The monoisotopic (exact) mass is 302 g/mol. The van der Waals surface area contributed by atoms with Gasteiger partial charge in [0.15, 0.2) is 0 Å². The number of rotatable bonds is 0. The van der Waals surface area contributed by atoms with Gasteiger partial charge in [0.25, 0.3) is 0 Å². The molecule has 4 aliphatic rings. The number of fused-ring (bicyclic) bond motifs is 5. The van der Waals surface area contributed by atoms with E-state index >= 15 is 0 Å². The number of aliphatic hydroxyl groups excluding tert-OH is 1. The molecule has 3 heteroatoms. The zero-order valence-corrected chi connectivity index (χ0v) is 13.5. The number of hydrogen-bond donors (Lipinski definition) is 1. The van der Waals surface area contributed by atoms with Crippen LogP contribution in [0.4, 0.5) is 0 Å². The molecule has 3 nitrogen and oxygen atoms in total. The molecule has 0 spiro atoms. The molecule has 3 saturated carbocycles. The first-order valence-corrected chi connectivity index (χ1v) is 8.83. The number of aliphatic hydroxyl groups is 1. The van der Waals surface area contributed by atoms with Gasteiger partial charge in [0.1, 0.15) is 0 Å². The topological polar surface area (TPSA) is 54.4 Å². The number of carbonyl (C=O) groups excluding carboxylic acids is 2. The van der Waals surface area contributed by atoms with Crippen LogP contribution in [-0.2, 0) is 9.59 Å². The van der Waals surface area contributed by atoms with E-state index in [0.29, 0.717) is 17.3 Å². The lowest BCUT2D eigenvalue weighted by atomic mass is 9.45. The summed E-state index contributed by atoms with van der Waals surface area (Å²) in [5, 5.41) is 10.7. The summed E-state index contributed by atoms with van der Waals surface area (Å²) in [6.07, 6.45) is 9.50. The Labute approximate surface area is 132 Å². The summed E-state index contributed by atoms with van der Waals surface area (Å²) in [6.45, 7) is 4.36. The van der Waals surface area contributed by atoms with Crippen molar-refractivity contribution in [2.45, 2.75) is 58.5 Å². The molecule has 0 aliphatic heterocycles. The molecule has 0 bridgehead atoms. The summed E-state index contributed by atoms with van der Waals surface area (Å²) in [4.78, 5) is 24.7. The second-order valence-electron chi connectivity index (χ2n) is 8.63. The molecular formula is C19H26O3. The Kier molecular flexibility index (Phi) is 3.01. The summed E-state index contributed by atoms with van der Waals surface area (Å²) in [5.74, 6) is 0.484. The molecule has 0 aromatic rings. The number of Topliss-reactive ketones (excluding diaryl/α,β-unsaturated/α-hetero) is 1. The molecule has 0 aromatic carbocycles. The van der Waals surface area contributed by atoms with Gasteiger partial charge < -0.3 is 5.11 Å². The summed E-state index contributed by atoms with van der Waals surface area (Å²) >= 11 is 0. The maximum absolute atomic E-state index is 12.7. The fourth-order valence-electron chi connectivity index (χ4n) is 6.61. The van der Waals surface area contributed by atoms with Crippen molar-refractivity contribution in [1.82, 2.24) is 0 Å². The van der Waals surface area contributed by atoms with Gasteiger partial charge in [-0.25, -0.2) is 0 Å². The summed E-state index contributed by atoms with van der Waals surface area (Å²) in [5.41, 5.74) is -0.292. The van der Waals surface area contributed by atoms with Gasteiger partial charge in [-0.1, -0.05) is 26.3 Å². The SMILES string of the molecule is C[C@@]12CCC[C@H]1[C@@H]1CC(O)C3C=CC(=O)C(=O)[C@]3(C)[C@H]1CC2. The zero-order chi connectivity index (χ0) is 15.7. The van der Waals surface area contributed by atoms with Crippen LogP contribution < -0.4 is 0 Å². The van der Waals surface area contributed by atoms with Crippen molar-refractivity contribution in [3.05, 3.63) is 12.2 Å². The van der Waals surface area contributed by atoms with Crippen LogP contribution in [-0.4, -0.2) is 22.8 Å². The second kappa shape index (κ2) is 4.53. The number of ketones is 2. The standard InChI is InChI=1S/C19H26O3/c1-18-8-3-4-12(18)11-10-16(21)14-5-6-15(20)17(22)19(14,2)13(11)7-9-18/h5-6,11-14,16,21H,3-4,7-10H2,1-2H3/t11-,12-,13-,14?,16?,18-,19+/m0/s1. The molecule has 22 heavy (non-hydrogen) atoms. The van der Waals surface area contributed by atoms with Crippen molar-refractivity contribution in [3.8, 4) is 0 Å². The van der Waals surface area contributed by atoms with Crippen molar-refractivity contribution in [2.24, 2.45) is 34.5 Å². The van der Waals surface area contributed by atoms with Gasteiger partial charge in [0.2, 0.25) is 11.6 Å². The highest BCUT2D eigenvalue weighted by Gasteiger charge is 2.62. The molecule has 1 N–H and O–H groups in total. The lowest BCUT2D eigenvalue weighted by Gasteiger charge is -2.58. The maximum atomic E-state index is 12.7. The van der Waals surface area contributed by atoms with Crippen molar-refractivity contribution in [3.63, 3.8) is 0 Å². The molecule has 0 heterocycles. The van der Waals surface area contributed by atoms with Crippen LogP contribution in [0.15, 0.2) is 12.2 Å². The Morgan fingerprint density at radius 1 is 1.14 bits per heavy atom.